The Balaban J connectivity index is 2.08. The van der Waals surface area contributed by atoms with Crippen molar-refractivity contribution in [3.05, 3.63) is 34.9 Å². The predicted molar refractivity (Wildman–Crippen MR) is 81.0 cm³/mol. The number of nitrogens with one attached hydrogen (secondary N) is 1. The van der Waals surface area contributed by atoms with Gasteiger partial charge in [0.25, 0.3) is 5.91 Å². The monoisotopic (exact) mass is 287 g/mol. The number of carbonyl (C=O) groups excluding carboxylic acids is 1. The molecule has 0 aromatic heterocycles. The maximum atomic E-state index is 12.4. The van der Waals surface area contributed by atoms with Gasteiger partial charge in [0.2, 0.25) is 0 Å². The minimum Gasteiger partial charge on any atom is -0.395 e. The maximum Gasteiger partial charge on any atom is 0.252 e. The lowest BCUT2D eigenvalue weighted by Crippen LogP contribution is -2.47. The molecule has 2 rings (SSSR count). The van der Waals surface area contributed by atoms with Crippen molar-refractivity contribution in [2.75, 3.05) is 13.7 Å². The van der Waals surface area contributed by atoms with Crippen molar-refractivity contribution in [2.24, 2.45) is 0 Å². The van der Waals surface area contributed by atoms with Gasteiger partial charge in [0.05, 0.1) is 18.3 Å². The summed E-state index contributed by atoms with van der Waals surface area (Å²) in [5.74, 6) is 5.73. The molecule has 1 saturated carbocycles. The van der Waals surface area contributed by atoms with E-state index in [-0.39, 0.29) is 24.7 Å². The molecule has 1 aromatic carbocycles. The first-order valence-corrected chi connectivity index (χ1v) is 7.18. The van der Waals surface area contributed by atoms with Crippen LogP contribution in [0.3, 0.4) is 0 Å². The highest BCUT2D eigenvalue weighted by Crippen LogP contribution is 2.23. The number of ether oxygens (including phenoxy) is 1. The molecule has 1 aromatic rings. The lowest BCUT2D eigenvalue weighted by molar-refractivity contribution is 0.0176. The van der Waals surface area contributed by atoms with E-state index >= 15 is 0 Å². The van der Waals surface area contributed by atoms with Crippen LogP contribution >= 0.6 is 0 Å². The maximum absolute atomic E-state index is 12.4. The number of aliphatic hydroxyl groups excluding tert-OH is 1. The largest absolute Gasteiger partial charge is 0.395 e. The van der Waals surface area contributed by atoms with E-state index in [0.717, 1.165) is 18.4 Å². The summed E-state index contributed by atoms with van der Waals surface area (Å²) in [5.41, 5.74) is 2.33. The molecular weight excluding hydrogens is 266 g/mol. The number of methoxy groups -OCH3 is 1. The van der Waals surface area contributed by atoms with Crippen LogP contribution in [0.15, 0.2) is 18.2 Å². The Morgan fingerprint density at radius 2 is 2.24 bits per heavy atom. The molecule has 0 heterocycles. The van der Waals surface area contributed by atoms with Crippen molar-refractivity contribution >= 4 is 5.91 Å². The van der Waals surface area contributed by atoms with E-state index in [1.807, 2.05) is 25.1 Å². The van der Waals surface area contributed by atoms with Crippen LogP contribution in [0.1, 0.15) is 40.7 Å². The van der Waals surface area contributed by atoms with Gasteiger partial charge in [-0.05, 0) is 31.9 Å². The molecule has 0 saturated heterocycles. The zero-order chi connectivity index (χ0) is 15.2. The Labute approximate surface area is 125 Å². The molecule has 1 fully saturated rings. The van der Waals surface area contributed by atoms with Crippen LogP contribution in [0.2, 0.25) is 0 Å². The van der Waals surface area contributed by atoms with Gasteiger partial charge in [-0.15, -0.1) is 0 Å². The first-order valence-electron chi connectivity index (χ1n) is 7.18. The van der Waals surface area contributed by atoms with Crippen LogP contribution in [0.4, 0.5) is 0 Å². The quantitative estimate of drug-likeness (QED) is 0.828. The molecule has 0 spiro atoms. The van der Waals surface area contributed by atoms with Crippen molar-refractivity contribution in [1.29, 1.82) is 0 Å². The lowest BCUT2D eigenvalue weighted by Gasteiger charge is -2.34. The van der Waals surface area contributed by atoms with Gasteiger partial charge in [-0.2, -0.15) is 0 Å². The summed E-state index contributed by atoms with van der Waals surface area (Å²) in [5, 5.41) is 11.8. The van der Waals surface area contributed by atoms with Gasteiger partial charge in [-0.3, -0.25) is 4.79 Å². The van der Waals surface area contributed by atoms with Crippen LogP contribution < -0.4 is 5.32 Å². The number of benzene rings is 1. The van der Waals surface area contributed by atoms with Crippen LogP contribution in [0.25, 0.3) is 0 Å². The average molecular weight is 287 g/mol. The van der Waals surface area contributed by atoms with Crippen molar-refractivity contribution in [1.82, 2.24) is 5.32 Å². The molecule has 0 atom stereocenters. The normalized spacial score (nSPS) is 20.1. The van der Waals surface area contributed by atoms with Crippen molar-refractivity contribution in [2.45, 2.75) is 38.3 Å². The Kier molecular flexibility index (Phi) is 5.38. The topological polar surface area (TPSA) is 58.6 Å². The Hall–Kier alpha value is -1.83. The minimum atomic E-state index is -0.0912. The van der Waals surface area contributed by atoms with E-state index < -0.39 is 0 Å². The van der Waals surface area contributed by atoms with Gasteiger partial charge in [0.1, 0.15) is 0 Å². The first kappa shape index (κ1) is 15.6. The minimum absolute atomic E-state index is 0.0286. The van der Waals surface area contributed by atoms with Crippen LogP contribution in [-0.4, -0.2) is 36.9 Å². The van der Waals surface area contributed by atoms with Gasteiger partial charge in [0, 0.05) is 25.1 Å². The summed E-state index contributed by atoms with van der Waals surface area (Å²) < 4.78 is 5.21. The van der Waals surface area contributed by atoms with E-state index in [4.69, 9.17) is 9.84 Å². The summed E-state index contributed by atoms with van der Waals surface area (Å²) in [4.78, 5) is 12.4. The molecular formula is C17H21NO3. The summed E-state index contributed by atoms with van der Waals surface area (Å²) in [7, 11) is 1.69. The lowest BCUT2D eigenvalue weighted by atomic mass is 9.89. The fraction of sp³-hybridized carbons (Fsp3) is 0.471. The number of hydrogen-bond acceptors (Lipinski definition) is 3. The van der Waals surface area contributed by atoms with E-state index in [9.17, 15) is 4.79 Å². The number of hydrogen-bond donors (Lipinski definition) is 2. The van der Waals surface area contributed by atoms with Crippen molar-refractivity contribution < 1.29 is 14.6 Å². The van der Waals surface area contributed by atoms with E-state index in [0.29, 0.717) is 17.5 Å². The smallest absolute Gasteiger partial charge is 0.252 e. The molecule has 0 aliphatic heterocycles. The molecule has 112 valence electrons. The van der Waals surface area contributed by atoms with Gasteiger partial charge in [-0.1, -0.05) is 23.5 Å². The Bertz CT molecular complexity index is 565. The third-order valence-electron chi connectivity index (χ3n) is 3.64. The molecule has 0 unspecified atom stereocenters. The number of amides is 1. The molecule has 0 radical (unpaired) electrons. The SMILES string of the molecule is COC1CC(NC(=O)c2cc(C)ccc2C#CCCO)C1. The molecule has 1 amide bonds. The highest BCUT2D eigenvalue weighted by molar-refractivity contribution is 5.97. The second-order valence-electron chi connectivity index (χ2n) is 5.32. The molecule has 0 bridgehead atoms. The van der Waals surface area contributed by atoms with E-state index in [1.165, 1.54) is 0 Å². The van der Waals surface area contributed by atoms with Crippen molar-refractivity contribution in [3.8, 4) is 11.8 Å². The summed E-state index contributed by atoms with van der Waals surface area (Å²) in [6, 6.07) is 5.82. The summed E-state index contributed by atoms with van der Waals surface area (Å²) in [6.45, 7) is 1.98. The van der Waals surface area contributed by atoms with Gasteiger partial charge >= 0.3 is 0 Å². The average Bonchev–Trinajstić information content (AvgIpc) is 2.43. The van der Waals surface area contributed by atoms with E-state index in [1.54, 1.807) is 7.11 Å². The molecule has 21 heavy (non-hydrogen) atoms. The van der Waals surface area contributed by atoms with Gasteiger partial charge in [0.15, 0.2) is 0 Å². The van der Waals surface area contributed by atoms with Crippen LogP contribution in [0, 0.1) is 18.8 Å². The summed E-state index contributed by atoms with van der Waals surface area (Å²) >= 11 is 0. The number of aryl methyl sites for hydroxylation is 1. The zero-order valence-corrected chi connectivity index (χ0v) is 12.5. The van der Waals surface area contributed by atoms with Gasteiger partial charge < -0.3 is 15.2 Å². The van der Waals surface area contributed by atoms with Gasteiger partial charge in [-0.25, -0.2) is 0 Å². The number of carbonyl (C=O) groups is 1. The molecule has 1 aliphatic rings. The van der Waals surface area contributed by atoms with E-state index in [2.05, 4.69) is 17.2 Å². The second-order valence-corrected chi connectivity index (χ2v) is 5.32. The third-order valence-corrected chi connectivity index (χ3v) is 3.64. The fourth-order valence-electron chi connectivity index (χ4n) is 2.31. The fourth-order valence-corrected chi connectivity index (χ4v) is 2.31. The molecule has 4 nitrogen and oxygen atoms in total. The second kappa shape index (κ2) is 7.26. The third kappa shape index (κ3) is 4.07. The Morgan fingerprint density at radius 3 is 2.90 bits per heavy atom. The summed E-state index contributed by atoms with van der Waals surface area (Å²) in [6.07, 6.45) is 2.39. The Morgan fingerprint density at radius 1 is 1.48 bits per heavy atom. The number of aliphatic hydroxyl groups is 1. The zero-order valence-electron chi connectivity index (χ0n) is 12.5. The molecule has 2 N–H and O–H groups in total. The molecule has 4 heteroatoms. The van der Waals surface area contributed by atoms with Crippen LogP contribution in [-0.2, 0) is 4.74 Å². The predicted octanol–water partition coefficient (Wildman–Crippen LogP) is 1.64. The first-order chi connectivity index (χ1) is 10.1. The highest BCUT2D eigenvalue weighted by Gasteiger charge is 2.30. The number of rotatable bonds is 4. The highest BCUT2D eigenvalue weighted by atomic mass is 16.5. The molecule has 1 aliphatic carbocycles. The van der Waals surface area contributed by atoms with Crippen LogP contribution in [0.5, 0.6) is 0 Å². The standard InChI is InChI=1S/C17H21NO3/c1-12-6-7-13(5-3-4-8-19)16(9-12)17(20)18-14-10-15(11-14)21-2/h6-7,9,14-15,19H,4,8,10-11H2,1-2H3,(H,18,20). The van der Waals surface area contributed by atoms with Crippen molar-refractivity contribution in [3.63, 3.8) is 0 Å².